The van der Waals surface area contributed by atoms with E-state index in [1.54, 1.807) is 0 Å². The maximum atomic E-state index is 12.1. The van der Waals surface area contributed by atoms with Gasteiger partial charge in [0.25, 0.3) is 0 Å². The number of urea groups is 1. The van der Waals surface area contributed by atoms with E-state index in [-0.39, 0.29) is 12.0 Å². The standard InChI is InChI=1S/C16H30N2O3/c1-3-12-18(13-14-9-10-14)16(20)17-11-7-5-6-8-15(19)21-4-2/h14H,3-13H2,1-2H3,(H,17,20). The second-order valence-corrected chi connectivity index (χ2v) is 5.74. The summed E-state index contributed by atoms with van der Waals surface area (Å²) >= 11 is 0. The summed E-state index contributed by atoms with van der Waals surface area (Å²) in [5, 5.41) is 2.98. The minimum atomic E-state index is -0.125. The van der Waals surface area contributed by atoms with Crippen LogP contribution in [0, 0.1) is 5.92 Å². The Morgan fingerprint density at radius 3 is 2.57 bits per heavy atom. The molecule has 1 saturated carbocycles. The third kappa shape index (κ3) is 8.58. The van der Waals surface area contributed by atoms with Crippen molar-refractivity contribution in [3.8, 4) is 0 Å². The van der Waals surface area contributed by atoms with Gasteiger partial charge < -0.3 is 15.0 Å². The zero-order valence-electron chi connectivity index (χ0n) is 13.5. The van der Waals surface area contributed by atoms with Crippen molar-refractivity contribution in [3.63, 3.8) is 0 Å². The third-order valence-corrected chi connectivity index (χ3v) is 3.60. The van der Waals surface area contributed by atoms with Gasteiger partial charge in [-0.3, -0.25) is 4.79 Å². The molecule has 5 nitrogen and oxygen atoms in total. The average Bonchev–Trinajstić information content (AvgIpc) is 3.26. The Kier molecular flexibility index (Phi) is 8.87. The van der Waals surface area contributed by atoms with Crippen molar-refractivity contribution in [1.82, 2.24) is 10.2 Å². The summed E-state index contributed by atoms with van der Waals surface area (Å²) in [6.07, 6.45) is 6.69. The number of nitrogens with zero attached hydrogens (tertiary/aromatic N) is 1. The molecule has 2 amide bonds. The van der Waals surface area contributed by atoms with Crippen LogP contribution < -0.4 is 5.32 Å². The highest BCUT2D eigenvalue weighted by Gasteiger charge is 2.26. The summed E-state index contributed by atoms with van der Waals surface area (Å²) in [5.41, 5.74) is 0. The number of hydrogen-bond donors (Lipinski definition) is 1. The van der Waals surface area contributed by atoms with Gasteiger partial charge in [-0.05, 0) is 44.9 Å². The van der Waals surface area contributed by atoms with Crippen LogP contribution in [0.5, 0.6) is 0 Å². The van der Waals surface area contributed by atoms with Crippen LogP contribution in [0.4, 0.5) is 4.79 Å². The fourth-order valence-corrected chi connectivity index (χ4v) is 2.27. The Morgan fingerprint density at radius 2 is 1.95 bits per heavy atom. The zero-order valence-corrected chi connectivity index (χ0v) is 13.5. The normalized spacial score (nSPS) is 13.8. The molecule has 0 unspecified atom stereocenters. The van der Waals surface area contributed by atoms with Crippen molar-refractivity contribution in [2.45, 2.75) is 58.8 Å². The van der Waals surface area contributed by atoms with Gasteiger partial charge in [0.1, 0.15) is 0 Å². The van der Waals surface area contributed by atoms with E-state index in [0.717, 1.165) is 44.7 Å². The van der Waals surface area contributed by atoms with Gasteiger partial charge in [0, 0.05) is 26.1 Å². The van der Waals surface area contributed by atoms with Crippen LogP contribution in [-0.2, 0) is 9.53 Å². The average molecular weight is 298 g/mol. The fraction of sp³-hybridized carbons (Fsp3) is 0.875. The van der Waals surface area contributed by atoms with Gasteiger partial charge >= 0.3 is 12.0 Å². The minimum Gasteiger partial charge on any atom is -0.466 e. The van der Waals surface area contributed by atoms with Crippen molar-refractivity contribution in [1.29, 1.82) is 0 Å². The van der Waals surface area contributed by atoms with E-state index in [1.165, 1.54) is 12.8 Å². The number of esters is 1. The van der Waals surface area contributed by atoms with E-state index < -0.39 is 0 Å². The topological polar surface area (TPSA) is 58.6 Å². The Bertz CT molecular complexity index is 317. The van der Waals surface area contributed by atoms with Crippen LogP contribution in [0.25, 0.3) is 0 Å². The molecule has 5 heteroatoms. The van der Waals surface area contributed by atoms with Crippen LogP contribution >= 0.6 is 0 Å². The first kappa shape index (κ1) is 17.8. The fourth-order valence-electron chi connectivity index (χ4n) is 2.27. The number of unbranched alkanes of at least 4 members (excludes halogenated alkanes) is 2. The number of nitrogens with one attached hydrogen (secondary N) is 1. The van der Waals surface area contributed by atoms with Gasteiger partial charge in [-0.15, -0.1) is 0 Å². The highest BCUT2D eigenvalue weighted by Crippen LogP contribution is 2.29. The molecular formula is C16H30N2O3. The predicted octanol–water partition coefficient (Wildman–Crippen LogP) is 2.94. The van der Waals surface area contributed by atoms with Gasteiger partial charge in [0.05, 0.1) is 6.61 Å². The summed E-state index contributed by atoms with van der Waals surface area (Å²) in [4.78, 5) is 25.2. The summed E-state index contributed by atoms with van der Waals surface area (Å²) in [5.74, 6) is 0.604. The molecule has 0 saturated heterocycles. The van der Waals surface area contributed by atoms with E-state index >= 15 is 0 Å². The molecule has 1 rings (SSSR count). The van der Waals surface area contributed by atoms with Crippen LogP contribution in [0.2, 0.25) is 0 Å². The van der Waals surface area contributed by atoms with Gasteiger partial charge in [-0.1, -0.05) is 13.3 Å². The predicted molar refractivity (Wildman–Crippen MR) is 83.1 cm³/mol. The number of carbonyl (C=O) groups is 2. The Labute approximate surface area is 128 Å². The van der Waals surface area contributed by atoms with Crippen molar-refractivity contribution in [2.24, 2.45) is 5.92 Å². The second kappa shape index (κ2) is 10.5. The maximum absolute atomic E-state index is 12.1. The Morgan fingerprint density at radius 1 is 1.19 bits per heavy atom. The minimum absolute atomic E-state index is 0.0640. The van der Waals surface area contributed by atoms with Gasteiger partial charge in [-0.25, -0.2) is 4.79 Å². The molecule has 1 aliphatic carbocycles. The SMILES string of the molecule is CCCN(CC1CC1)C(=O)NCCCCCC(=O)OCC. The van der Waals surface area contributed by atoms with Crippen LogP contribution in [-0.4, -0.2) is 43.1 Å². The number of hydrogen-bond acceptors (Lipinski definition) is 3. The third-order valence-electron chi connectivity index (χ3n) is 3.60. The molecule has 0 bridgehead atoms. The molecule has 1 N–H and O–H groups in total. The molecule has 122 valence electrons. The zero-order chi connectivity index (χ0) is 15.5. The summed E-state index contributed by atoms with van der Waals surface area (Å²) in [6, 6.07) is 0.0640. The first-order valence-electron chi connectivity index (χ1n) is 8.35. The largest absolute Gasteiger partial charge is 0.466 e. The van der Waals surface area contributed by atoms with Crippen LogP contribution in [0.3, 0.4) is 0 Å². The number of rotatable bonds is 11. The Balaban J connectivity index is 2.04. The van der Waals surface area contributed by atoms with Crippen molar-refractivity contribution in [2.75, 3.05) is 26.2 Å². The molecule has 0 aromatic carbocycles. The van der Waals surface area contributed by atoms with E-state index in [2.05, 4.69) is 12.2 Å². The molecular weight excluding hydrogens is 268 g/mol. The lowest BCUT2D eigenvalue weighted by Crippen LogP contribution is -2.41. The molecule has 0 spiro atoms. The number of ether oxygens (including phenoxy) is 1. The molecule has 0 heterocycles. The second-order valence-electron chi connectivity index (χ2n) is 5.74. The highest BCUT2D eigenvalue weighted by molar-refractivity contribution is 5.74. The number of carbonyl (C=O) groups excluding carboxylic acids is 2. The van der Waals surface area contributed by atoms with Crippen LogP contribution in [0.1, 0.15) is 58.8 Å². The monoisotopic (exact) mass is 298 g/mol. The molecule has 0 atom stereocenters. The van der Waals surface area contributed by atoms with Gasteiger partial charge in [-0.2, -0.15) is 0 Å². The molecule has 1 aliphatic rings. The lowest BCUT2D eigenvalue weighted by molar-refractivity contribution is -0.143. The van der Waals surface area contributed by atoms with E-state index in [1.807, 2.05) is 11.8 Å². The van der Waals surface area contributed by atoms with E-state index in [0.29, 0.717) is 19.6 Å². The lowest BCUT2D eigenvalue weighted by Gasteiger charge is -2.22. The molecule has 21 heavy (non-hydrogen) atoms. The van der Waals surface area contributed by atoms with Crippen LogP contribution in [0.15, 0.2) is 0 Å². The highest BCUT2D eigenvalue weighted by atomic mass is 16.5. The quantitative estimate of drug-likeness (QED) is 0.471. The van der Waals surface area contributed by atoms with E-state index in [9.17, 15) is 9.59 Å². The van der Waals surface area contributed by atoms with Crippen molar-refractivity contribution < 1.29 is 14.3 Å². The number of amides is 2. The molecule has 0 aromatic rings. The maximum Gasteiger partial charge on any atom is 0.317 e. The lowest BCUT2D eigenvalue weighted by atomic mass is 10.2. The summed E-state index contributed by atoms with van der Waals surface area (Å²) < 4.78 is 4.87. The van der Waals surface area contributed by atoms with Crippen molar-refractivity contribution in [3.05, 3.63) is 0 Å². The van der Waals surface area contributed by atoms with Gasteiger partial charge in [0.2, 0.25) is 0 Å². The molecule has 0 radical (unpaired) electrons. The Hall–Kier alpha value is -1.26. The van der Waals surface area contributed by atoms with E-state index in [4.69, 9.17) is 4.74 Å². The van der Waals surface area contributed by atoms with Gasteiger partial charge in [0.15, 0.2) is 0 Å². The molecule has 1 fully saturated rings. The first-order chi connectivity index (χ1) is 10.2. The van der Waals surface area contributed by atoms with Crippen molar-refractivity contribution >= 4 is 12.0 Å². The smallest absolute Gasteiger partial charge is 0.317 e. The summed E-state index contributed by atoms with van der Waals surface area (Å²) in [7, 11) is 0. The molecule has 0 aliphatic heterocycles. The molecule has 0 aromatic heterocycles. The first-order valence-corrected chi connectivity index (χ1v) is 8.35. The summed E-state index contributed by atoms with van der Waals surface area (Å²) in [6.45, 7) is 6.79.